The Hall–Kier alpha value is -1.87. The number of hydrogen-bond donors (Lipinski definition) is 3. The van der Waals surface area contributed by atoms with Gasteiger partial charge in [0, 0.05) is 44.2 Å². The van der Waals surface area contributed by atoms with E-state index in [9.17, 15) is 9.59 Å². The van der Waals surface area contributed by atoms with E-state index in [1.54, 1.807) is 0 Å². The molecule has 1 amide bonds. The van der Waals surface area contributed by atoms with Crippen LogP contribution in [0.4, 0.5) is 11.6 Å². The molecule has 4 aromatic rings. The van der Waals surface area contributed by atoms with E-state index in [0.717, 1.165) is 68.4 Å². The fraction of sp³-hybridized carbons (Fsp3) is 0.538. The van der Waals surface area contributed by atoms with Gasteiger partial charge in [0.2, 0.25) is 11.1 Å². The second-order valence-electron chi connectivity index (χ2n) is 10.3. The van der Waals surface area contributed by atoms with E-state index >= 15 is 0 Å². The fourth-order valence-electron chi connectivity index (χ4n) is 5.15. The highest BCUT2D eigenvalue weighted by Gasteiger charge is 2.28. The van der Waals surface area contributed by atoms with Crippen molar-refractivity contribution in [3.05, 3.63) is 20.1 Å². The summed E-state index contributed by atoms with van der Waals surface area (Å²) >= 11 is 19.9. The number of carbonyl (C=O) groups excluding carboxylic acids is 2. The molecular weight excluding hydrogens is 873 g/mol. The molecule has 2 fully saturated rings. The third kappa shape index (κ3) is 9.15. The van der Waals surface area contributed by atoms with Crippen LogP contribution in [0.3, 0.4) is 0 Å². The van der Waals surface area contributed by atoms with E-state index in [1.807, 2.05) is 14.3 Å². The van der Waals surface area contributed by atoms with Crippen molar-refractivity contribution < 1.29 is 9.59 Å². The normalized spacial score (nSPS) is 18.2. The highest BCUT2D eigenvalue weighted by Crippen LogP contribution is 2.30. The molecule has 5 N–H and O–H groups in total. The maximum Gasteiger partial charge on any atom is 0.223 e. The van der Waals surface area contributed by atoms with E-state index in [4.69, 9.17) is 46.3 Å². The zero-order chi connectivity index (χ0) is 32.5. The Bertz CT molecular complexity index is 1620. The van der Waals surface area contributed by atoms with Crippen LogP contribution in [0.1, 0.15) is 50.6 Å². The van der Waals surface area contributed by atoms with E-state index in [2.05, 4.69) is 80.6 Å². The Morgan fingerprint density at radius 2 is 1.42 bits per heavy atom. The number of rotatable bonds is 6. The van der Waals surface area contributed by atoms with Crippen LogP contribution in [-0.4, -0.2) is 93.5 Å². The maximum absolute atomic E-state index is 12.1. The van der Waals surface area contributed by atoms with Crippen LogP contribution < -0.4 is 16.8 Å². The minimum atomic E-state index is -0.370. The van der Waals surface area contributed by atoms with Crippen LogP contribution in [0.25, 0.3) is 22.1 Å². The lowest BCUT2D eigenvalue weighted by molar-refractivity contribution is -0.132. The highest BCUT2D eigenvalue weighted by atomic mass is 127. The SMILES string of the molecule is Nc1ncnc2c1c(I)nn2[C@@H]1CCCN(C(=O)CCCl)C1.Nc1ncnc2c1c(I)nn2[C@@H]1CCCNC1.O=C(Cl)CCCl. The number of nitrogen functional groups attached to an aromatic ring is 2. The zero-order valence-corrected chi connectivity index (χ0v) is 30.8. The summed E-state index contributed by atoms with van der Waals surface area (Å²) in [5.41, 5.74) is 13.4. The Morgan fingerprint density at radius 1 is 0.867 bits per heavy atom. The number of hydrogen-bond acceptors (Lipinski definition) is 11. The van der Waals surface area contributed by atoms with Crippen molar-refractivity contribution in [2.24, 2.45) is 0 Å². The molecule has 0 spiro atoms. The van der Waals surface area contributed by atoms with Gasteiger partial charge in [0.05, 0.1) is 22.9 Å². The van der Waals surface area contributed by atoms with Crippen molar-refractivity contribution >= 4 is 125 Å². The molecule has 2 aliphatic rings. The van der Waals surface area contributed by atoms with Crippen LogP contribution >= 0.6 is 80.0 Å². The highest BCUT2D eigenvalue weighted by molar-refractivity contribution is 14.1. The van der Waals surface area contributed by atoms with Gasteiger partial charge in [-0.3, -0.25) is 9.59 Å². The Morgan fingerprint density at radius 3 is 1.91 bits per heavy atom. The molecule has 14 nitrogen and oxygen atoms in total. The number of anilines is 2. The summed E-state index contributed by atoms with van der Waals surface area (Å²) in [5.74, 6) is 1.72. The van der Waals surface area contributed by atoms with Crippen molar-refractivity contribution in [3.8, 4) is 0 Å². The average Bonchev–Trinajstić information content (AvgIpc) is 3.56. The Labute approximate surface area is 302 Å². The summed E-state index contributed by atoms with van der Waals surface area (Å²) in [6, 6.07) is 0.470. The number of nitrogens with one attached hydrogen (secondary N) is 1. The number of amides is 1. The van der Waals surface area contributed by atoms with Crippen molar-refractivity contribution in [2.75, 3.05) is 49.4 Å². The molecule has 0 aliphatic carbocycles. The molecular formula is C26H33Cl3I2N12O2. The second-order valence-corrected chi connectivity index (χ2v) is 13.5. The largest absolute Gasteiger partial charge is 0.383 e. The minimum Gasteiger partial charge on any atom is -0.383 e. The number of fused-ring (bicyclic) bond motifs is 2. The van der Waals surface area contributed by atoms with Gasteiger partial charge in [-0.15, -0.1) is 23.2 Å². The minimum absolute atomic E-state index is 0.0972. The van der Waals surface area contributed by atoms with Gasteiger partial charge >= 0.3 is 0 Å². The molecule has 19 heteroatoms. The first-order valence-corrected chi connectivity index (χ1v) is 17.8. The number of nitrogens with two attached hydrogens (primary N) is 2. The predicted octanol–water partition coefficient (Wildman–Crippen LogP) is 4.12. The van der Waals surface area contributed by atoms with Crippen LogP contribution in [0.2, 0.25) is 0 Å². The number of halogens is 5. The molecule has 2 atom stereocenters. The quantitative estimate of drug-likeness (QED) is 0.144. The number of piperidine rings is 2. The third-order valence-electron chi connectivity index (χ3n) is 7.26. The third-order valence-corrected chi connectivity index (χ3v) is 9.34. The summed E-state index contributed by atoms with van der Waals surface area (Å²) in [6.45, 7) is 3.44. The summed E-state index contributed by atoms with van der Waals surface area (Å²) < 4.78 is 5.53. The van der Waals surface area contributed by atoms with Crippen molar-refractivity contribution in [1.82, 2.24) is 49.7 Å². The van der Waals surface area contributed by atoms with E-state index in [-0.39, 0.29) is 23.6 Å². The zero-order valence-electron chi connectivity index (χ0n) is 24.2. The number of aromatic nitrogens is 8. The molecule has 244 valence electrons. The molecule has 45 heavy (non-hydrogen) atoms. The van der Waals surface area contributed by atoms with Gasteiger partial charge in [-0.25, -0.2) is 29.3 Å². The molecule has 0 unspecified atom stereocenters. The van der Waals surface area contributed by atoms with Gasteiger partial charge in [0.25, 0.3) is 0 Å². The topological polar surface area (TPSA) is 189 Å². The van der Waals surface area contributed by atoms with Crippen molar-refractivity contribution in [2.45, 2.75) is 50.6 Å². The van der Waals surface area contributed by atoms with Gasteiger partial charge in [-0.05, 0) is 89.0 Å². The molecule has 2 aliphatic heterocycles. The number of likely N-dealkylation sites (tertiary alicyclic amines) is 1. The smallest absolute Gasteiger partial charge is 0.223 e. The lowest BCUT2D eigenvalue weighted by Crippen LogP contribution is -2.41. The van der Waals surface area contributed by atoms with E-state index < -0.39 is 0 Å². The molecule has 0 saturated carbocycles. The molecule has 6 heterocycles. The average molecular weight is 906 g/mol. The molecule has 6 rings (SSSR count). The van der Waals surface area contributed by atoms with Crippen LogP contribution in [0.15, 0.2) is 12.7 Å². The van der Waals surface area contributed by atoms with Crippen molar-refractivity contribution in [3.63, 3.8) is 0 Å². The molecule has 0 radical (unpaired) electrons. The van der Waals surface area contributed by atoms with Crippen LogP contribution in [0.5, 0.6) is 0 Å². The number of carbonyl (C=O) groups is 2. The van der Waals surface area contributed by atoms with E-state index in [1.165, 1.54) is 19.1 Å². The first-order valence-electron chi connectivity index (χ1n) is 14.2. The summed E-state index contributed by atoms with van der Waals surface area (Å²) in [6.07, 6.45) is 7.79. The van der Waals surface area contributed by atoms with Gasteiger partial charge in [0.1, 0.15) is 31.7 Å². The second kappa shape index (κ2) is 17.3. The number of nitrogens with zero attached hydrogens (tertiary/aromatic N) is 9. The molecule has 0 bridgehead atoms. The van der Waals surface area contributed by atoms with Gasteiger partial charge < -0.3 is 21.7 Å². The maximum atomic E-state index is 12.1. The van der Waals surface area contributed by atoms with Gasteiger partial charge in [0.15, 0.2) is 11.3 Å². The Balaban J connectivity index is 0.000000178. The number of alkyl halides is 2. The van der Waals surface area contributed by atoms with Crippen LogP contribution in [0, 0.1) is 7.40 Å². The lowest BCUT2D eigenvalue weighted by Gasteiger charge is -2.33. The summed E-state index contributed by atoms with van der Waals surface area (Å²) in [7, 11) is 0. The monoisotopic (exact) mass is 904 g/mol. The lowest BCUT2D eigenvalue weighted by atomic mass is 10.1. The van der Waals surface area contributed by atoms with Gasteiger partial charge in [-0.2, -0.15) is 10.2 Å². The standard InChI is InChI=1S/C13H16ClIN6O.C10H13IN6.C3H4Cl2O/c14-4-3-9(22)20-5-1-2-8(6-20)21-13-10(11(15)19-21)12(16)17-7-18-13;11-8-7-9(12)14-5-15-10(7)17(16-8)6-2-1-3-13-4-6;4-2-1-3(5)6/h7-8H,1-6H2,(H2,16,17,18);5-6,13H,1-4H2,(H2,12,14,15);1-2H2/t8-;6-;/m11./s1. The first-order chi connectivity index (χ1) is 21.7. The molecule has 2 saturated heterocycles. The first kappa shape index (κ1) is 36.0. The fourth-order valence-corrected chi connectivity index (χ4v) is 7.18. The predicted molar refractivity (Wildman–Crippen MR) is 192 cm³/mol. The summed E-state index contributed by atoms with van der Waals surface area (Å²) in [4.78, 5) is 40.3. The summed E-state index contributed by atoms with van der Waals surface area (Å²) in [5, 5.41) is 13.8. The van der Waals surface area contributed by atoms with E-state index in [0.29, 0.717) is 42.4 Å². The molecule has 4 aromatic heterocycles. The Kier molecular flexibility index (Phi) is 13.9. The van der Waals surface area contributed by atoms with Gasteiger partial charge in [-0.1, -0.05) is 0 Å². The van der Waals surface area contributed by atoms with Crippen LogP contribution in [-0.2, 0) is 9.59 Å². The molecule has 0 aromatic carbocycles. The van der Waals surface area contributed by atoms with Crippen molar-refractivity contribution in [1.29, 1.82) is 0 Å².